The molecule has 7 heteroatoms. The molecule has 0 aliphatic carbocycles. The second-order valence-electron chi connectivity index (χ2n) is 7.00. The highest BCUT2D eigenvalue weighted by Gasteiger charge is 2.35. The van der Waals surface area contributed by atoms with Gasteiger partial charge in [-0.3, -0.25) is 14.9 Å². The van der Waals surface area contributed by atoms with Gasteiger partial charge in [-0.2, -0.15) is 0 Å². The van der Waals surface area contributed by atoms with Crippen LogP contribution in [0.1, 0.15) is 11.6 Å². The maximum Gasteiger partial charge on any atom is 0.285 e. The summed E-state index contributed by atoms with van der Waals surface area (Å²) in [4.78, 5) is 28.4. The fourth-order valence-corrected chi connectivity index (χ4v) is 3.58. The molecular weight excluding hydrogens is 344 g/mol. The molecule has 1 N–H and O–H groups in total. The first-order valence-electron chi connectivity index (χ1n) is 9.07. The van der Waals surface area contributed by atoms with Gasteiger partial charge in [-0.05, 0) is 12.1 Å². The number of non-ortho nitro benzene ring substituents is 1. The molecule has 142 valence electrons. The van der Waals surface area contributed by atoms with Crippen LogP contribution in [0.15, 0.2) is 54.6 Å². The molecule has 7 nitrogen and oxygen atoms in total. The third-order valence-corrected chi connectivity index (χ3v) is 5.06. The SMILES string of the molecule is CN(C)C(=O)[C@@H](c1ccccc1)[NH+]1CCN(c2ccc([N+](=O)[O-])cc2)CC1. The molecule has 1 atom stereocenters. The molecule has 1 aliphatic rings. The van der Waals surface area contributed by atoms with Gasteiger partial charge in [0.25, 0.3) is 11.6 Å². The first kappa shape index (κ1) is 18.8. The highest BCUT2D eigenvalue weighted by Crippen LogP contribution is 2.20. The first-order valence-corrected chi connectivity index (χ1v) is 9.07. The van der Waals surface area contributed by atoms with Crippen molar-refractivity contribution >= 4 is 17.3 Å². The Morgan fingerprint density at radius 2 is 1.67 bits per heavy atom. The van der Waals surface area contributed by atoms with Crippen LogP contribution in [0.4, 0.5) is 11.4 Å². The Kier molecular flexibility index (Phi) is 5.71. The molecule has 0 aromatic heterocycles. The van der Waals surface area contributed by atoms with Crippen molar-refractivity contribution in [3.05, 3.63) is 70.3 Å². The van der Waals surface area contributed by atoms with Crippen LogP contribution < -0.4 is 9.80 Å². The molecular formula is C20H25N4O3+. The number of quaternary nitrogens is 1. The molecule has 27 heavy (non-hydrogen) atoms. The van der Waals surface area contributed by atoms with Crippen LogP contribution in [0.2, 0.25) is 0 Å². The monoisotopic (exact) mass is 369 g/mol. The maximum atomic E-state index is 12.8. The van der Waals surface area contributed by atoms with Gasteiger partial charge in [0.05, 0.1) is 31.1 Å². The molecule has 0 spiro atoms. The lowest BCUT2D eigenvalue weighted by molar-refractivity contribution is -0.922. The van der Waals surface area contributed by atoms with Gasteiger partial charge >= 0.3 is 0 Å². The summed E-state index contributed by atoms with van der Waals surface area (Å²) in [5.41, 5.74) is 2.12. The van der Waals surface area contributed by atoms with Crippen LogP contribution in [0.3, 0.4) is 0 Å². The number of nitro groups is 1. The topological polar surface area (TPSA) is 71.1 Å². The number of hydrogen-bond acceptors (Lipinski definition) is 4. The average molecular weight is 369 g/mol. The summed E-state index contributed by atoms with van der Waals surface area (Å²) in [6, 6.07) is 16.4. The Morgan fingerprint density at radius 3 is 2.19 bits per heavy atom. The number of carbonyl (C=O) groups excluding carboxylic acids is 1. The highest BCUT2D eigenvalue weighted by atomic mass is 16.6. The molecule has 2 aromatic rings. The molecule has 0 radical (unpaired) electrons. The molecule has 2 aromatic carbocycles. The summed E-state index contributed by atoms with van der Waals surface area (Å²) in [5.74, 6) is 0.111. The zero-order valence-electron chi connectivity index (χ0n) is 15.7. The molecule has 3 rings (SSSR count). The predicted molar refractivity (Wildman–Crippen MR) is 104 cm³/mol. The molecule has 1 fully saturated rings. The number of likely N-dealkylation sites (N-methyl/N-ethyl adjacent to an activating group) is 1. The zero-order valence-corrected chi connectivity index (χ0v) is 15.7. The molecule has 0 unspecified atom stereocenters. The van der Waals surface area contributed by atoms with Crippen LogP contribution in [0, 0.1) is 10.1 Å². The van der Waals surface area contributed by atoms with E-state index in [2.05, 4.69) is 4.90 Å². The van der Waals surface area contributed by atoms with E-state index >= 15 is 0 Å². The highest BCUT2D eigenvalue weighted by molar-refractivity contribution is 5.81. The second-order valence-corrected chi connectivity index (χ2v) is 7.00. The van der Waals surface area contributed by atoms with Crippen molar-refractivity contribution in [3.63, 3.8) is 0 Å². The quantitative estimate of drug-likeness (QED) is 0.634. The van der Waals surface area contributed by atoms with E-state index < -0.39 is 0 Å². The van der Waals surface area contributed by atoms with Gasteiger partial charge in [0.15, 0.2) is 6.04 Å². The average Bonchev–Trinajstić information content (AvgIpc) is 2.69. The summed E-state index contributed by atoms with van der Waals surface area (Å²) in [7, 11) is 3.59. The van der Waals surface area contributed by atoms with E-state index in [1.165, 1.54) is 17.0 Å². The van der Waals surface area contributed by atoms with Gasteiger partial charge < -0.3 is 14.7 Å². The van der Waals surface area contributed by atoms with Crippen molar-refractivity contribution in [2.24, 2.45) is 0 Å². The number of nitrogens with zero attached hydrogens (tertiary/aromatic N) is 3. The van der Waals surface area contributed by atoms with Crippen molar-refractivity contribution in [2.45, 2.75) is 6.04 Å². The number of nitro benzene ring substituents is 1. The van der Waals surface area contributed by atoms with E-state index in [9.17, 15) is 14.9 Å². The normalized spacial score (nSPS) is 16.0. The Bertz CT molecular complexity index is 785. The molecule has 1 saturated heterocycles. The van der Waals surface area contributed by atoms with Crippen LogP contribution >= 0.6 is 0 Å². The standard InChI is InChI=1S/C20H24N4O3/c1-21(2)20(25)19(16-6-4-3-5-7-16)23-14-12-22(13-15-23)17-8-10-18(11-9-17)24(26)27/h3-11,19H,12-15H2,1-2H3/p+1/t19-/m1/s1. The number of anilines is 1. The number of hydrogen-bond donors (Lipinski definition) is 1. The summed E-state index contributed by atoms with van der Waals surface area (Å²) in [5, 5.41) is 10.8. The van der Waals surface area contributed by atoms with Gasteiger partial charge in [0.2, 0.25) is 0 Å². The van der Waals surface area contributed by atoms with Gasteiger partial charge in [0.1, 0.15) is 0 Å². The smallest absolute Gasteiger partial charge is 0.285 e. The maximum absolute atomic E-state index is 12.8. The summed E-state index contributed by atoms with van der Waals surface area (Å²) < 4.78 is 0. The Balaban J connectivity index is 1.72. The largest absolute Gasteiger partial charge is 0.360 e. The van der Waals surface area contributed by atoms with Gasteiger partial charge in [-0.25, -0.2) is 0 Å². The van der Waals surface area contributed by atoms with Gasteiger partial charge in [0, 0.05) is 37.5 Å². The van der Waals surface area contributed by atoms with Crippen molar-refractivity contribution < 1.29 is 14.6 Å². The first-order chi connectivity index (χ1) is 13.0. The van der Waals surface area contributed by atoms with E-state index in [1.807, 2.05) is 30.3 Å². The molecule has 1 aliphatic heterocycles. The van der Waals surface area contributed by atoms with E-state index in [-0.39, 0.29) is 22.6 Å². The summed E-state index contributed by atoms with van der Waals surface area (Å²) in [6.07, 6.45) is 0. The number of carbonyl (C=O) groups is 1. The minimum atomic E-state index is -0.386. The van der Waals surface area contributed by atoms with E-state index in [0.717, 1.165) is 37.4 Å². The van der Waals surface area contributed by atoms with Crippen LogP contribution in [0.5, 0.6) is 0 Å². The summed E-state index contributed by atoms with van der Waals surface area (Å²) >= 11 is 0. The molecule has 1 amide bonds. The van der Waals surface area contributed by atoms with E-state index in [0.29, 0.717) is 0 Å². The number of amides is 1. The Labute approximate surface area is 158 Å². The number of rotatable bonds is 5. The van der Waals surface area contributed by atoms with Gasteiger partial charge in [-0.15, -0.1) is 0 Å². The number of nitrogens with one attached hydrogen (secondary N) is 1. The number of piperazine rings is 1. The lowest BCUT2D eigenvalue weighted by Gasteiger charge is -2.37. The summed E-state index contributed by atoms with van der Waals surface area (Å²) in [6.45, 7) is 3.26. The second kappa shape index (κ2) is 8.18. The lowest BCUT2D eigenvalue weighted by Crippen LogP contribution is -3.16. The molecule has 0 bridgehead atoms. The van der Waals surface area contributed by atoms with Crippen molar-refractivity contribution in [3.8, 4) is 0 Å². The zero-order chi connectivity index (χ0) is 19.4. The van der Waals surface area contributed by atoms with Crippen molar-refractivity contribution in [2.75, 3.05) is 45.2 Å². The van der Waals surface area contributed by atoms with Crippen LogP contribution in [0.25, 0.3) is 0 Å². The fraction of sp³-hybridized carbons (Fsp3) is 0.350. The van der Waals surface area contributed by atoms with E-state index in [4.69, 9.17) is 0 Å². The number of benzene rings is 2. The third kappa shape index (κ3) is 4.25. The third-order valence-electron chi connectivity index (χ3n) is 5.06. The van der Waals surface area contributed by atoms with E-state index in [1.54, 1.807) is 31.1 Å². The molecule has 1 heterocycles. The van der Waals surface area contributed by atoms with Gasteiger partial charge in [-0.1, -0.05) is 30.3 Å². The Morgan fingerprint density at radius 1 is 1.07 bits per heavy atom. The van der Waals surface area contributed by atoms with Crippen LogP contribution in [-0.4, -0.2) is 56.0 Å². The minimum Gasteiger partial charge on any atom is -0.360 e. The molecule has 0 saturated carbocycles. The fourth-order valence-electron chi connectivity index (χ4n) is 3.58. The van der Waals surface area contributed by atoms with Crippen LogP contribution in [-0.2, 0) is 4.79 Å². The lowest BCUT2D eigenvalue weighted by atomic mass is 10.0. The minimum absolute atomic E-state index is 0.101. The van der Waals surface area contributed by atoms with Crippen molar-refractivity contribution in [1.82, 2.24) is 4.90 Å². The Hall–Kier alpha value is -2.93. The predicted octanol–water partition coefficient (Wildman–Crippen LogP) is 1.13. The van der Waals surface area contributed by atoms with Crippen molar-refractivity contribution in [1.29, 1.82) is 0 Å².